The Bertz CT molecular complexity index is 1010. The topological polar surface area (TPSA) is 99.0 Å². The van der Waals surface area contributed by atoms with Gasteiger partial charge < -0.3 is 14.4 Å². The molecule has 1 aliphatic rings. The van der Waals surface area contributed by atoms with Crippen LogP contribution in [0.4, 0.5) is 11.4 Å². The average Bonchev–Trinajstić information content (AvgIpc) is 2.79. The minimum Gasteiger partial charge on any atom is -0.463 e. The van der Waals surface area contributed by atoms with E-state index in [1.807, 2.05) is 6.07 Å². The molecule has 1 heterocycles. The van der Waals surface area contributed by atoms with E-state index in [9.17, 15) is 19.7 Å². The van der Waals surface area contributed by atoms with Gasteiger partial charge in [-0.2, -0.15) is 0 Å². The lowest BCUT2D eigenvalue weighted by molar-refractivity contribution is -0.384. The van der Waals surface area contributed by atoms with E-state index in [1.54, 1.807) is 56.3 Å². The summed E-state index contributed by atoms with van der Waals surface area (Å²) in [6.07, 6.45) is 2.95. The highest BCUT2D eigenvalue weighted by molar-refractivity contribution is 6.00. The molecule has 1 aliphatic heterocycles. The molecule has 0 aliphatic carbocycles. The Hall–Kier alpha value is -3.94. The number of hydrogen-bond donors (Lipinski definition) is 0. The highest BCUT2D eigenvalue weighted by Crippen LogP contribution is 2.40. The highest BCUT2D eigenvalue weighted by Gasteiger charge is 2.36. The third-order valence-electron chi connectivity index (χ3n) is 4.69. The van der Waals surface area contributed by atoms with Crippen LogP contribution in [-0.4, -0.2) is 30.1 Å². The summed E-state index contributed by atoms with van der Waals surface area (Å²) in [6.45, 7) is 3.64. The third-order valence-corrected chi connectivity index (χ3v) is 4.69. The van der Waals surface area contributed by atoms with Crippen LogP contribution >= 0.6 is 0 Å². The first-order valence-electron chi connectivity index (χ1n) is 9.82. The van der Waals surface area contributed by atoms with Crippen molar-refractivity contribution in [2.45, 2.75) is 19.8 Å². The number of anilines is 1. The molecular formula is C23H22N2O6. The van der Waals surface area contributed by atoms with Crippen molar-refractivity contribution in [1.82, 2.24) is 0 Å². The van der Waals surface area contributed by atoms with Crippen LogP contribution < -0.4 is 4.90 Å². The summed E-state index contributed by atoms with van der Waals surface area (Å²) >= 11 is 0. The van der Waals surface area contributed by atoms with E-state index in [0.717, 1.165) is 0 Å². The Morgan fingerprint density at radius 2 is 1.42 bits per heavy atom. The predicted octanol–water partition coefficient (Wildman–Crippen LogP) is 4.09. The Morgan fingerprint density at radius 1 is 0.903 bits per heavy atom. The van der Waals surface area contributed by atoms with E-state index in [4.69, 9.17) is 9.47 Å². The van der Waals surface area contributed by atoms with Crippen LogP contribution in [0.25, 0.3) is 0 Å². The number of rotatable bonds is 7. The summed E-state index contributed by atoms with van der Waals surface area (Å²) in [7, 11) is 0. The first-order valence-corrected chi connectivity index (χ1v) is 9.82. The lowest BCUT2D eigenvalue weighted by atomic mass is 9.83. The molecule has 0 fully saturated rings. The van der Waals surface area contributed by atoms with Crippen molar-refractivity contribution < 1.29 is 24.0 Å². The molecule has 2 aromatic rings. The minimum atomic E-state index is -0.738. The Balaban J connectivity index is 2.22. The number of nitro benzene ring substituents is 1. The van der Waals surface area contributed by atoms with Gasteiger partial charge in [-0.25, -0.2) is 9.59 Å². The molecule has 0 atom stereocenters. The van der Waals surface area contributed by atoms with Gasteiger partial charge in [0.2, 0.25) is 0 Å². The smallest absolute Gasteiger partial charge is 0.336 e. The molecule has 160 valence electrons. The van der Waals surface area contributed by atoms with Gasteiger partial charge >= 0.3 is 11.9 Å². The summed E-state index contributed by atoms with van der Waals surface area (Å²) in [4.78, 5) is 38.2. The maximum Gasteiger partial charge on any atom is 0.336 e. The molecule has 0 saturated heterocycles. The second kappa shape index (κ2) is 9.71. The molecule has 31 heavy (non-hydrogen) atoms. The molecule has 3 rings (SSSR count). The normalized spacial score (nSPS) is 13.8. The lowest BCUT2D eigenvalue weighted by Crippen LogP contribution is -2.29. The Labute approximate surface area is 179 Å². The third kappa shape index (κ3) is 4.63. The average molecular weight is 422 g/mol. The van der Waals surface area contributed by atoms with Crippen LogP contribution in [0.3, 0.4) is 0 Å². The number of nitrogens with zero attached hydrogens (tertiary/aromatic N) is 2. The first-order chi connectivity index (χ1) is 15.0. The molecule has 0 radical (unpaired) electrons. The van der Waals surface area contributed by atoms with Crippen molar-refractivity contribution in [2.24, 2.45) is 0 Å². The number of benzene rings is 2. The van der Waals surface area contributed by atoms with Crippen molar-refractivity contribution in [1.29, 1.82) is 0 Å². The second-order valence-electron chi connectivity index (χ2n) is 6.61. The van der Waals surface area contributed by atoms with Gasteiger partial charge in [-0.3, -0.25) is 10.1 Å². The zero-order chi connectivity index (χ0) is 22.4. The fourth-order valence-corrected chi connectivity index (χ4v) is 3.40. The van der Waals surface area contributed by atoms with Gasteiger partial charge in [-0.1, -0.05) is 42.5 Å². The maximum atomic E-state index is 12.9. The quantitative estimate of drug-likeness (QED) is 0.376. The van der Waals surface area contributed by atoms with E-state index in [2.05, 4.69) is 0 Å². The lowest BCUT2D eigenvalue weighted by Gasteiger charge is -2.30. The molecule has 0 saturated carbocycles. The zero-order valence-corrected chi connectivity index (χ0v) is 17.2. The van der Waals surface area contributed by atoms with Crippen LogP contribution in [0.1, 0.15) is 25.3 Å². The molecule has 2 aromatic carbocycles. The monoisotopic (exact) mass is 422 g/mol. The molecule has 8 nitrogen and oxygen atoms in total. The number of para-hydroxylation sites is 2. The minimum absolute atomic E-state index is 0.140. The highest BCUT2D eigenvalue weighted by atomic mass is 16.6. The molecule has 0 unspecified atom stereocenters. The number of hydrogen-bond acceptors (Lipinski definition) is 7. The SMILES string of the molecule is CCOC(=O)C1=CN(c2ccccc2[N+](=O)[O-])C=C(C(=O)OCC)C1c1ccccc1. The first kappa shape index (κ1) is 21.8. The standard InChI is InChI=1S/C23H22N2O6/c1-3-30-22(26)17-14-24(19-12-8-9-13-20(19)25(28)29)15-18(23(27)31-4-2)21(17)16-10-6-5-7-11-16/h5-15,21H,3-4H2,1-2H3. The molecule has 0 N–H and O–H groups in total. The molecule has 0 spiro atoms. The Morgan fingerprint density at radius 3 is 1.94 bits per heavy atom. The number of carbonyl (C=O) groups excluding carboxylic acids is 2. The van der Waals surface area contributed by atoms with E-state index >= 15 is 0 Å². The van der Waals surface area contributed by atoms with Crippen LogP contribution in [0, 0.1) is 10.1 Å². The van der Waals surface area contributed by atoms with Crippen LogP contribution in [0.2, 0.25) is 0 Å². The van der Waals surface area contributed by atoms with Gasteiger partial charge in [-0.15, -0.1) is 0 Å². The van der Waals surface area contributed by atoms with Crippen molar-refractivity contribution >= 4 is 23.3 Å². The van der Waals surface area contributed by atoms with Gasteiger partial charge in [0.25, 0.3) is 5.69 Å². The summed E-state index contributed by atoms with van der Waals surface area (Å²) < 4.78 is 10.5. The summed E-state index contributed by atoms with van der Waals surface area (Å²) in [5, 5.41) is 11.5. The summed E-state index contributed by atoms with van der Waals surface area (Å²) in [6, 6.07) is 15.1. The number of ether oxygens (including phenoxy) is 2. The van der Waals surface area contributed by atoms with Gasteiger partial charge in [0.15, 0.2) is 0 Å². The molecule has 8 heteroatoms. The van der Waals surface area contributed by atoms with Crippen LogP contribution in [0.5, 0.6) is 0 Å². The predicted molar refractivity (Wildman–Crippen MR) is 114 cm³/mol. The van der Waals surface area contributed by atoms with Crippen molar-refractivity contribution in [3.05, 3.63) is 93.8 Å². The number of nitro groups is 1. The Kier molecular flexibility index (Phi) is 6.81. The van der Waals surface area contributed by atoms with E-state index in [0.29, 0.717) is 5.56 Å². The van der Waals surface area contributed by atoms with E-state index in [-0.39, 0.29) is 35.7 Å². The molecule has 0 amide bonds. The summed E-state index contributed by atoms with van der Waals surface area (Å²) in [5.74, 6) is -1.97. The number of esters is 2. The molecule has 0 aromatic heterocycles. The van der Waals surface area contributed by atoms with Crippen LogP contribution in [0.15, 0.2) is 78.1 Å². The van der Waals surface area contributed by atoms with Gasteiger partial charge in [0, 0.05) is 18.5 Å². The fraction of sp³-hybridized carbons (Fsp3) is 0.217. The summed E-state index contributed by atoms with van der Waals surface area (Å²) in [5.41, 5.74) is 1.10. The van der Waals surface area contributed by atoms with Crippen molar-refractivity contribution in [3.8, 4) is 0 Å². The van der Waals surface area contributed by atoms with Gasteiger partial charge in [0.1, 0.15) is 5.69 Å². The second-order valence-corrected chi connectivity index (χ2v) is 6.61. The van der Waals surface area contributed by atoms with E-state index in [1.165, 1.54) is 23.4 Å². The van der Waals surface area contributed by atoms with Crippen molar-refractivity contribution in [3.63, 3.8) is 0 Å². The maximum absolute atomic E-state index is 12.9. The molecule has 0 bridgehead atoms. The van der Waals surface area contributed by atoms with Crippen LogP contribution in [-0.2, 0) is 19.1 Å². The largest absolute Gasteiger partial charge is 0.463 e. The zero-order valence-electron chi connectivity index (χ0n) is 17.2. The van der Waals surface area contributed by atoms with Gasteiger partial charge in [0.05, 0.1) is 35.2 Å². The fourth-order valence-electron chi connectivity index (χ4n) is 3.40. The van der Waals surface area contributed by atoms with Crippen molar-refractivity contribution in [2.75, 3.05) is 18.1 Å². The molecular weight excluding hydrogens is 400 g/mol. The van der Waals surface area contributed by atoms with E-state index < -0.39 is 22.8 Å². The van der Waals surface area contributed by atoms with Gasteiger partial charge in [-0.05, 0) is 25.5 Å². The number of carbonyl (C=O) groups is 2.